The maximum atomic E-state index is 12.4. The number of benzene rings is 1. The van der Waals surface area contributed by atoms with Gasteiger partial charge >= 0.3 is 0 Å². The van der Waals surface area contributed by atoms with Gasteiger partial charge in [-0.05, 0) is 31.0 Å². The Balaban J connectivity index is 2.27. The minimum Gasteiger partial charge on any atom is -0.364 e. The molecule has 1 aliphatic rings. The Morgan fingerprint density at radius 1 is 1.40 bits per heavy atom. The topological polar surface area (TPSA) is 105 Å². The number of amides is 1. The quantitative estimate of drug-likeness (QED) is 0.793. The molecule has 0 aliphatic heterocycles. The van der Waals surface area contributed by atoms with E-state index in [4.69, 9.17) is 17.3 Å². The first-order chi connectivity index (χ1) is 9.38. The highest BCUT2D eigenvalue weighted by Crippen LogP contribution is 2.31. The molecule has 8 heteroatoms. The molecule has 0 unspecified atom stereocenters. The zero-order chi connectivity index (χ0) is 14.5. The van der Waals surface area contributed by atoms with E-state index in [1.165, 1.54) is 6.07 Å². The van der Waals surface area contributed by atoms with Crippen molar-refractivity contribution in [1.29, 1.82) is 0 Å². The summed E-state index contributed by atoms with van der Waals surface area (Å²) in [4.78, 5) is 14.1. The largest absolute Gasteiger partial charge is 0.364 e. The van der Waals surface area contributed by atoms with Crippen LogP contribution in [0.1, 0.15) is 23.3 Å². The van der Waals surface area contributed by atoms with Crippen molar-refractivity contribution in [3.8, 4) is 0 Å². The van der Waals surface area contributed by atoms with Gasteiger partial charge in [-0.1, -0.05) is 11.6 Å². The lowest BCUT2D eigenvalue weighted by Crippen LogP contribution is -2.28. The molecule has 1 heterocycles. The van der Waals surface area contributed by atoms with E-state index in [0.29, 0.717) is 15.9 Å². The summed E-state index contributed by atoms with van der Waals surface area (Å²) in [6.45, 7) is 0. The van der Waals surface area contributed by atoms with Crippen LogP contribution in [0.2, 0.25) is 5.02 Å². The van der Waals surface area contributed by atoms with Crippen LogP contribution in [0, 0.1) is 0 Å². The van der Waals surface area contributed by atoms with Gasteiger partial charge in [0.2, 0.25) is 10.0 Å². The van der Waals surface area contributed by atoms with Crippen LogP contribution in [-0.4, -0.2) is 25.4 Å². The summed E-state index contributed by atoms with van der Waals surface area (Å²) in [7, 11) is -3.81. The first-order valence-corrected chi connectivity index (χ1v) is 7.88. The van der Waals surface area contributed by atoms with Crippen LogP contribution in [0.4, 0.5) is 0 Å². The fourth-order valence-electron chi connectivity index (χ4n) is 2.07. The highest BCUT2D eigenvalue weighted by molar-refractivity contribution is 7.89. The molecule has 1 amide bonds. The van der Waals surface area contributed by atoms with E-state index in [1.807, 2.05) is 0 Å². The van der Waals surface area contributed by atoms with Crippen LogP contribution < -0.4 is 10.5 Å². The number of sulfonamides is 1. The minimum atomic E-state index is -3.81. The van der Waals surface area contributed by atoms with E-state index in [2.05, 4.69) is 9.71 Å². The second kappa shape index (κ2) is 4.47. The monoisotopic (exact) mass is 313 g/mol. The lowest BCUT2D eigenvalue weighted by Gasteiger charge is -2.06. The number of H-pyrrole nitrogens is 1. The molecule has 0 atom stereocenters. The van der Waals surface area contributed by atoms with Crippen LogP contribution >= 0.6 is 11.6 Å². The lowest BCUT2D eigenvalue weighted by atomic mass is 10.2. The van der Waals surface area contributed by atoms with Crippen LogP contribution in [0.15, 0.2) is 23.1 Å². The second-order valence-corrected chi connectivity index (χ2v) is 6.87. The maximum absolute atomic E-state index is 12.4. The molecule has 0 saturated heterocycles. The Labute approximate surface area is 120 Å². The Kier molecular flexibility index (Phi) is 3.00. The van der Waals surface area contributed by atoms with Crippen molar-refractivity contribution < 1.29 is 13.2 Å². The molecule has 3 rings (SSSR count). The molecular weight excluding hydrogens is 302 g/mol. The molecule has 1 saturated carbocycles. The normalized spacial score (nSPS) is 15.7. The summed E-state index contributed by atoms with van der Waals surface area (Å²) in [5.41, 5.74) is 5.63. The number of carbonyl (C=O) groups is 1. The Bertz CT molecular complexity index is 809. The van der Waals surface area contributed by atoms with E-state index in [0.717, 1.165) is 12.8 Å². The van der Waals surface area contributed by atoms with Crippen molar-refractivity contribution in [3.63, 3.8) is 0 Å². The maximum Gasteiger partial charge on any atom is 0.266 e. The molecule has 1 aromatic carbocycles. The predicted octanol–water partition coefficient (Wildman–Crippen LogP) is 1.36. The van der Waals surface area contributed by atoms with Crippen LogP contribution in [0.25, 0.3) is 10.9 Å². The first kappa shape index (κ1) is 13.4. The smallest absolute Gasteiger partial charge is 0.266 e. The van der Waals surface area contributed by atoms with Crippen LogP contribution in [0.3, 0.4) is 0 Å². The molecule has 106 valence electrons. The van der Waals surface area contributed by atoms with E-state index in [1.54, 1.807) is 12.1 Å². The Hall–Kier alpha value is -1.57. The summed E-state index contributed by atoms with van der Waals surface area (Å²) >= 11 is 5.90. The standard InChI is InChI=1S/C12H12ClN3O3S/c13-6-1-4-9-8(5-6)11(10(15-9)12(14)17)20(18,19)16-7-2-3-7/h1,4-5,7,15-16H,2-3H2,(H2,14,17). The van der Waals surface area contributed by atoms with Gasteiger partial charge < -0.3 is 10.7 Å². The summed E-state index contributed by atoms with van der Waals surface area (Å²) in [5, 5.41) is 0.745. The number of fused-ring (bicyclic) bond motifs is 1. The van der Waals surface area contributed by atoms with Gasteiger partial charge in [0.15, 0.2) is 0 Å². The molecule has 0 radical (unpaired) electrons. The third kappa shape index (κ3) is 2.28. The third-order valence-corrected chi connectivity index (χ3v) is 4.97. The minimum absolute atomic E-state index is 0.0649. The molecule has 1 fully saturated rings. The second-order valence-electron chi connectivity index (χ2n) is 4.78. The fraction of sp³-hybridized carbons (Fsp3) is 0.250. The van der Waals surface area contributed by atoms with Crippen LogP contribution in [0.5, 0.6) is 0 Å². The highest BCUT2D eigenvalue weighted by Gasteiger charge is 2.32. The third-order valence-electron chi connectivity index (χ3n) is 3.13. The van der Waals surface area contributed by atoms with Gasteiger partial charge in [0.25, 0.3) is 5.91 Å². The van der Waals surface area contributed by atoms with Gasteiger partial charge in [0.05, 0.1) is 0 Å². The van der Waals surface area contributed by atoms with Crippen molar-refractivity contribution in [2.24, 2.45) is 5.73 Å². The molecule has 1 aromatic heterocycles. The number of aromatic amines is 1. The van der Waals surface area contributed by atoms with E-state index < -0.39 is 15.9 Å². The number of aromatic nitrogens is 1. The zero-order valence-electron chi connectivity index (χ0n) is 10.3. The van der Waals surface area contributed by atoms with Crippen LogP contribution in [-0.2, 0) is 10.0 Å². The lowest BCUT2D eigenvalue weighted by molar-refractivity contribution is 0.0993. The number of halogens is 1. The Morgan fingerprint density at radius 3 is 2.70 bits per heavy atom. The average molecular weight is 314 g/mol. The summed E-state index contributed by atoms with van der Waals surface area (Å²) in [5.74, 6) is -0.825. The molecule has 20 heavy (non-hydrogen) atoms. The molecule has 2 aromatic rings. The van der Waals surface area contributed by atoms with Crippen molar-refractivity contribution in [3.05, 3.63) is 28.9 Å². The number of carbonyl (C=O) groups excluding carboxylic acids is 1. The van der Waals surface area contributed by atoms with Crippen molar-refractivity contribution in [1.82, 2.24) is 9.71 Å². The zero-order valence-corrected chi connectivity index (χ0v) is 11.9. The number of primary amides is 1. The number of hydrogen-bond acceptors (Lipinski definition) is 3. The number of nitrogens with two attached hydrogens (primary N) is 1. The van der Waals surface area contributed by atoms with Gasteiger partial charge in [0.1, 0.15) is 10.6 Å². The van der Waals surface area contributed by atoms with Gasteiger partial charge in [-0.3, -0.25) is 4.79 Å². The SMILES string of the molecule is NC(=O)c1[nH]c2ccc(Cl)cc2c1S(=O)(=O)NC1CC1. The molecule has 0 spiro atoms. The molecular formula is C12H12ClN3O3S. The van der Waals surface area contributed by atoms with Crippen molar-refractivity contribution in [2.45, 2.75) is 23.8 Å². The van der Waals surface area contributed by atoms with E-state index in [-0.39, 0.29) is 16.6 Å². The van der Waals surface area contributed by atoms with Crippen molar-refractivity contribution >= 4 is 38.4 Å². The average Bonchev–Trinajstić information content (AvgIpc) is 3.05. The van der Waals surface area contributed by atoms with Crippen molar-refractivity contribution in [2.75, 3.05) is 0 Å². The molecule has 4 N–H and O–H groups in total. The van der Waals surface area contributed by atoms with Gasteiger partial charge in [-0.2, -0.15) is 0 Å². The summed E-state index contributed by atoms with van der Waals surface area (Å²) in [6, 6.07) is 4.65. The number of hydrogen-bond donors (Lipinski definition) is 3. The van der Waals surface area contributed by atoms with Gasteiger partial charge in [-0.15, -0.1) is 0 Å². The molecule has 6 nitrogen and oxygen atoms in total. The predicted molar refractivity (Wildman–Crippen MR) is 75.2 cm³/mol. The molecule has 0 bridgehead atoms. The molecule has 1 aliphatic carbocycles. The number of rotatable bonds is 4. The summed E-state index contributed by atoms with van der Waals surface area (Å²) < 4.78 is 27.4. The van der Waals surface area contributed by atoms with Gasteiger partial charge in [0, 0.05) is 22.0 Å². The van der Waals surface area contributed by atoms with E-state index >= 15 is 0 Å². The fourth-order valence-corrected chi connectivity index (χ4v) is 3.91. The number of nitrogens with one attached hydrogen (secondary N) is 2. The highest BCUT2D eigenvalue weighted by atomic mass is 35.5. The first-order valence-electron chi connectivity index (χ1n) is 6.02. The summed E-state index contributed by atoms with van der Waals surface area (Å²) in [6.07, 6.45) is 1.60. The van der Waals surface area contributed by atoms with Gasteiger partial charge in [-0.25, -0.2) is 13.1 Å². The van der Waals surface area contributed by atoms with E-state index in [9.17, 15) is 13.2 Å². The Morgan fingerprint density at radius 2 is 2.10 bits per heavy atom.